The normalized spacial score (nSPS) is 17.7. The molecule has 4 aromatic rings. The molecule has 218 valence electrons. The molecule has 0 aromatic heterocycles. The van der Waals surface area contributed by atoms with Gasteiger partial charge < -0.3 is 35.9 Å². The van der Waals surface area contributed by atoms with Crippen molar-refractivity contribution in [3.8, 4) is 0 Å². The average molecular weight is 592 g/mol. The Morgan fingerprint density at radius 3 is 2.43 bits per heavy atom. The summed E-state index contributed by atoms with van der Waals surface area (Å²) in [5.74, 6) is -4.01. The van der Waals surface area contributed by atoms with Crippen LogP contribution in [0.2, 0.25) is 0 Å². The van der Waals surface area contributed by atoms with Crippen LogP contribution in [0.15, 0.2) is 54.6 Å². The Balaban J connectivity index is 1.35. The van der Waals surface area contributed by atoms with Crippen LogP contribution in [0.25, 0.3) is 38.4 Å². The number of carboxylic acids is 2. The lowest BCUT2D eigenvalue weighted by Gasteiger charge is -2.28. The van der Waals surface area contributed by atoms with E-state index < -0.39 is 54.6 Å². The lowest BCUT2D eigenvalue weighted by atomic mass is 9.84. The monoisotopic (exact) mass is 591 g/mol. The SMILES string of the molecule is N[C@@H](CCC(=O)N[C@@H](CSOC1c2cc3ccc4cccc5ccc(c2C=CC1O)c3c45)C(=O)NCC(=O)O)C(=O)O. The van der Waals surface area contributed by atoms with Crippen molar-refractivity contribution in [1.82, 2.24) is 10.6 Å². The number of fused-ring (bicyclic) bond motifs is 2. The van der Waals surface area contributed by atoms with Gasteiger partial charge in [-0.15, -0.1) is 0 Å². The van der Waals surface area contributed by atoms with E-state index in [4.69, 9.17) is 20.1 Å². The summed E-state index contributed by atoms with van der Waals surface area (Å²) >= 11 is 0.849. The van der Waals surface area contributed by atoms with E-state index in [1.807, 2.05) is 24.3 Å². The van der Waals surface area contributed by atoms with Crippen LogP contribution in [-0.2, 0) is 23.4 Å². The fourth-order valence-electron chi connectivity index (χ4n) is 5.19. The largest absolute Gasteiger partial charge is 0.480 e. The summed E-state index contributed by atoms with van der Waals surface area (Å²) in [5, 5.41) is 40.0. The first-order valence-electron chi connectivity index (χ1n) is 13.3. The first-order valence-corrected chi connectivity index (χ1v) is 14.2. The molecule has 4 aromatic carbocycles. The Kier molecular flexibility index (Phi) is 8.59. The molecule has 11 nitrogen and oxygen atoms in total. The molecule has 0 fully saturated rings. The van der Waals surface area contributed by atoms with E-state index in [9.17, 15) is 24.3 Å². The molecule has 0 spiro atoms. The van der Waals surface area contributed by atoms with Gasteiger partial charge >= 0.3 is 11.9 Å². The fourth-order valence-corrected chi connectivity index (χ4v) is 6.00. The third kappa shape index (κ3) is 6.02. The number of rotatable bonds is 12. The number of carbonyl (C=O) groups is 4. The molecule has 12 heteroatoms. The van der Waals surface area contributed by atoms with Crippen molar-refractivity contribution in [2.75, 3.05) is 12.3 Å². The van der Waals surface area contributed by atoms with E-state index in [0.29, 0.717) is 0 Å². The predicted molar refractivity (Wildman–Crippen MR) is 159 cm³/mol. The number of nitrogens with two attached hydrogens (primary N) is 1. The number of aliphatic hydroxyl groups excluding tert-OH is 1. The molecule has 0 radical (unpaired) electrons. The summed E-state index contributed by atoms with van der Waals surface area (Å²) < 4.78 is 6.04. The number of amides is 2. The first-order chi connectivity index (χ1) is 20.1. The van der Waals surface area contributed by atoms with Crippen LogP contribution in [0.3, 0.4) is 0 Å². The van der Waals surface area contributed by atoms with Crippen molar-refractivity contribution in [3.63, 3.8) is 0 Å². The standard InChI is InChI=1S/C30H29N3O8S/c31-21(30(39)40)9-11-24(35)33-22(29(38)32-13-25(36)37)14-42-41-28-20-12-17-5-4-15-2-1-3-16-6-7-19(27(17)26(15)16)18(20)8-10-23(28)34/h1-8,10,12,21-23,28,34H,9,11,13-14,31H2,(H,32,38)(H,33,35)(H,36,37)(H,39,40)/t21-,22-,23?,28?/m0/s1. The van der Waals surface area contributed by atoms with Gasteiger partial charge in [0.25, 0.3) is 0 Å². The molecule has 1 aliphatic carbocycles. The number of aliphatic carboxylic acids is 2. The molecular weight excluding hydrogens is 562 g/mol. The van der Waals surface area contributed by atoms with Crippen LogP contribution in [0.1, 0.15) is 30.1 Å². The number of carbonyl (C=O) groups excluding carboxylic acids is 2. The molecule has 42 heavy (non-hydrogen) atoms. The molecule has 4 atom stereocenters. The zero-order chi connectivity index (χ0) is 30.0. The van der Waals surface area contributed by atoms with Gasteiger partial charge in [-0.05, 0) is 68.0 Å². The second kappa shape index (κ2) is 12.3. The Morgan fingerprint density at radius 1 is 1.00 bits per heavy atom. The lowest BCUT2D eigenvalue weighted by Crippen LogP contribution is -2.49. The average Bonchev–Trinajstić information content (AvgIpc) is 2.97. The van der Waals surface area contributed by atoms with Gasteiger partial charge in [0, 0.05) is 12.2 Å². The van der Waals surface area contributed by atoms with E-state index in [2.05, 4.69) is 41.0 Å². The van der Waals surface area contributed by atoms with Gasteiger partial charge in [-0.25, -0.2) is 0 Å². The number of benzene rings is 4. The Labute approximate surface area is 244 Å². The topological polar surface area (TPSA) is 188 Å². The van der Waals surface area contributed by atoms with Gasteiger partial charge in [0.15, 0.2) is 0 Å². The van der Waals surface area contributed by atoms with E-state index in [-0.39, 0.29) is 18.6 Å². The summed E-state index contributed by atoms with van der Waals surface area (Å²) in [6, 6.07) is 14.0. The highest BCUT2D eigenvalue weighted by atomic mass is 32.2. The van der Waals surface area contributed by atoms with Gasteiger partial charge in [0.2, 0.25) is 11.8 Å². The second-order valence-electron chi connectivity index (χ2n) is 10.1. The molecule has 5 rings (SSSR count). The molecule has 0 saturated carbocycles. The molecule has 2 unspecified atom stereocenters. The smallest absolute Gasteiger partial charge is 0.322 e. The number of aliphatic hydroxyl groups is 1. The quantitative estimate of drug-likeness (QED) is 0.106. The molecule has 0 aliphatic heterocycles. The van der Waals surface area contributed by atoms with Gasteiger partial charge in [-0.3, -0.25) is 19.2 Å². The molecule has 2 amide bonds. The number of nitrogens with one attached hydrogen (secondary N) is 2. The number of hydrogen-bond acceptors (Lipinski definition) is 8. The maximum atomic E-state index is 12.7. The number of carboxylic acid groups (broad SMARTS) is 2. The third-order valence-electron chi connectivity index (χ3n) is 7.27. The Bertz CT molecular complexity index is 1690. The van der Waals surface area contributed by atoms with Crippen LogP contribution < -0.4 is 16.4 Å². The highest BCUT2D eigenvalue weighted by molar-refractivity contribution is 7.94. The van der Waals surface area contributed by atoms with E-state index in [1.165, 1.54) is 0 Å². The van der Waals surface area contributed by atoms with Gasteiger partial charge in [-0.2, -0.15) is 0 Å². The molecular formula is C30H29N3O8S. The van der Waals surface area contributed by atoms with Crippen LogP contribution in [0.4, 0.5) is 0 Å². The predicted octanol–water partition coefficient (Wildman–Crippen LogP) is 2.56. The fraction of sp³-hybridized carbons (Fsp3) is 0.267. The first kappa shape index (κ1) is 29.3. The summed E-state index contributed by atoms with van der Waals surface area (Å²) in [4.78, 5) is 47.0. The third-order valence-corrected chi connectivity index (χ3v) is 8.08. The lowest BCUT2D eigenvalue weighted by molar-refractivity contribution is -0.139. The molecule has 1 aliphatic rings. The number of hydrogen-bond donors (Lipinski definition) is 6. The summed E-state index contributed by atoms with van der Waals surface area (Å²) in [7, 11) is 0. The van der Waals surface area contributed by atoms with Crippen molar-refractivity contribution >= 4 is 74.2 Å². The van der Waals surface area contributed by atoms with E-state index in [1.54, 1.807) is 6.08 Å². The van der Waals surface area contributed by atoms with Crippen LogP contribution in [0.5, 0.6) is 0 Å². The summed E-state index contributed by atoms with van der Waals surface area (Å²) in [6.07, 6.45) is 1.36. The second-order valence-corrected chi connectivity index (χ2v) is 10.9. The Hall–Kier alpha value is -4.23. The highest BCUT2D eigenvalue weighted by Crippen LogP contribution is 2.43. The minimum Gasteiger partial charge on any atom is -0.480 e. The van der Waals surface area contributed by atoms with Crippen LogP contribution >= 0.6 is 12.0 Å². The molecule has 0 bridgehead atoms. The molecule has 0 heterocycles. The van der Waals surface area contributed by atoms with Crippen molar-refractivity contribution in [3.05, 3.63) is 65.7 Å². The zero-order valence-corrected chi connectivity index (χ0v) is 23.1. The van der Waals surface area contributed by atoms with E-state index in [0.717, 1.165) is 55.5 Å². The van der Waals surface area contributed by atoms with Crippen molar-refractivity contribution in [2.45, 2.75) is 37.1 Å². The van der Waals surface area contributed by atoms with Crippen LogP contribution in [0, 0.1) is 0 Å². The minimum absolute atomic E-state index is 0.112. The van der Waals surface area contributed by atoms with Gasteiger partial charge in [0.05, 0.1) is 0 Å². The zero-order valence-electron chi connectivity index (χ0n) is 22.3. The minimum atomic E-state index is -1.26. The Morgan fingerprint density at radius 2 is 1.71 bits per heavy atom. The maximum Gasteiger partial charge on any atom is 0.322 e. The van der Waals surface area contributed by atoms with Crippen molar-refractivity contribution < 1.29 is 38.7 Å². The summed E-state index contributed by atoms with van der Waals surface area (Å²) in [6.45, 7) is -0.653. The van der Waals surface area contributed by atoms with Crippen LogP contribution in [-0.4, -0.2) is 69.6 Å². The summed E-state index contributed by atoms with van der Waals surface area (Å²) in [5.41, 5.74) is 7.13. The molecule has 7 N–H and O–H groups in total. The van der Waals surface area contributed by atoms with Gasteiger partial charge in [0.1, 0.15) is 30.8 Å². The van der Waals surface area contributed by atoms with E-state index >= 15 is 0 Å². The van der Waals surface area contributed by atoms with Crippen molar-refractivity contribution in [1.29, 1.82) is 0 Å². The molecule has 0 saturated heterocycles. The maximum absolute atomic E-state index is 12.7. The highest BCUT2D eigenvalue weighted by Gasteiger charge is 2.30. The van der Waals surface area contributed by atoms with Gasteiger partial charge in [-0.1, -0.05) is 54.6 Å². The van der Waals surface area contributed by atoms with Crippen molar-refractivity contribution in [2.24, 2.45) is 5.73 Å².